The standard InChI is InChI=1S/C19H27N3O2.ClH/c1-19(2,3)22-17(23)11-6-8-14(9-7-11)21-18(24)15-12-4-5-13(10-12)16(15)20;/h6-9,12-13,15-16H,4-5,10,20H2,1-3H3,(H,21,24)(H,22,23);1H. The number of amides is 2. The van der Waals surface area contributed by atoms with E-state index in [0.29, 0.717) is 23.1 Å². The molecule has 2 bridgehead atoms. The highest BCUT2D eigenvalue weighted by atomic mass is 35.5. The SMILES string of the molecule is CC(C)(C)NC(=O)c1ccc(NC(=O)C2C3CCC(C3)C2N)cc1.Cl. The van der Waals surface area contributed by atoms with Crippen LogP contribution in [0.1, 0.15) is 50.4 Å². The van der Waals surface area contributed by atoms with Crippen LogP contribution in [0.5, 0.6) is 0 Å². The molecule has 6 heteroatoms. The minimum atomic E-state index is -0.276. The van der Waals surface area contributed by atoms with Crippen molar-refractivity contribution in [2.45, 2.75) is 51.6 Å². The monoisotopic (exact) mass is 365 g/mol. The summed E-state index contributed by atoms with van der Waals surface area (Å²) in [5.74, 6) is 0.765. The van der Waals surface area contributed by atoms with Gasteiger partial charge in [-0.2, -0.15) is 0 Å². The first-order valence-corrected chi connectivity index (χ1v) is 8.73. The molecular formula is C19H28ClN3O2. The van der Waals surface area contributed by atoms with Crippen molar-refractivity contribution in [3.05, 3.63) is 29.8 Å². The van der Waals surface area contributed by atoms with E-state index in [4.69, 9.17) is 5.73 Å². The lowest BCUT2D eigenvalue weighted by Crippen LogP contribution is -2.42. The quantitative estimate of drug-likeness (QED) is 0.769. The van der Waals surface area contributed by atoms with E-state index in [2.05, 4.69) is 10.6 Å². The molecule has 4 N–H and O–H groups in total. The number of carbonyl (C=O) groups excluding carboxylic acids is 2. The summed E-state index contributed by atoms with van der Waals surface area (Å²) in [5, 5.41) is 5.88. The Morgan fingerprint density at radius 2 is 1.68 bits per heavy atom. The van der Waals surface area contributed by atoms with Gasteiger partial charge in [-0.1, -0.05) is 0 Å². The van der Waals surface area contributed by atoms with Crippen LogP contribution in [0, 0.1) is 17.8 Å². The van der Waals surface area contributed by atoms with Crippen molar-refractivity contribution in [3.8, 4) is 0 Å². The normalized spacial score (nSPS) is 27.5. The molecule has 2 aliphatic carbocycles. The summed E-state index contributed by atoms with van der Waals surface area (Å²) in [6, 6.07) is 7.00. The molecule has 0 aliphatic heterocycles. The maximum Gasteiger partial charge on any atom is 0.251 e. The molecular weight excluding hydrogens is 338 g/mol. The number of nitrogens with two attached hydrogens (primary N) is 1. The molecule has 2 saturated carbocycles. The molecule has 5 nitrogen and oxygen atoms in total. The van der Waals surface area contributed by atoms with E-state index >= 15 is 0 Å². The lowest BCUT2D eigenvalue weighted by Gasteiger charge is -2.27. The molecule has 1 aromatic carbocycles. The Bertz CT molecular complexity index is 637. The van der Waals surface area contributed by atoms with E-state index in [1.165, 1.54) is 0 Å². The highest BCUT2D eigenvalue weighted by Gasteiger charge is 2.49. The largest absolute Gasteiger partial charge is 0.347 e. The van der Waals surface area contributed by atoms with Gasteiger partial charge in [0.05, 0.1) is 5.92 Å². The van der Waals surface area contributed by atoms with Crippen LogP contribution >= 0.6 is 12.4 Å². The van der Waals surface area contributed by atoms with E-state index < -0.39 is 0 Å². The molecule has 138 valence electrons. The molecule has 0 saturated heterocycles. The first kappa shape index (κ1) is 19.7. The summed E-state index contributed by atoms with van der Waals surface area (Å²) in [6.45, 7) is 5.83. The lowest BCUT2D eigenvalue weighted by molar-refractivity contribution is -0.121. The fourth-order valence-electron chi connectivity index (χ4n) is 4.07. The van der Waals surface area contributed by atoms with Gasteiger partial charge < -0.3 is 16.4 Å². The second-order valence-electron chi connectivity index (χ2n) is 8.21. The average molecular weight is 366 g/mol. The number of benzene rings is 1. The first-order valence-electron chi connectivity index (χ1n) is 8.73. The van der Waals surface area contributed by atoms with E-state index in [1.54, 1.807) is 24.3 Å². The number of rotatable bonds is 3. The Hall–Kier alpha value is -1.59. The summed E-state index contributed by atoms with van der Waals surface area (Å²) in [6.07, 6.45) is 3.36. The Balaban J connectivity index is 0.00000225. The van der Waals surface area contributed by atoms with Crippen LogP contribution in [0.4, 0.5) is 5.69 Å². The van der Waals surface area contributed by atoms with Gasteiger partial charge in [-0.05, 0) is 76.1 Å². The van der Waals surface area contributed by atoms with Gasteiger partial charge in [-0.3, -0.25) is 9.59 Å². The molecule has 0 aromatic heterocycles. The highest BCUT2D eigenvalue weighted by Crippen LogP contribution is 2.47. The maximum atomic E-state index is 12.6. The zero-order valence-corrected chi connectivity index (χ0v) is 15.9. The summed E-state index contributed by atoms with van der Waals surface area (Å²) >= 11 is 0. The highest BCUT2D eigenvalue weighted by molar-refractivity contribution is 5.96. The molecule has 2 aliphatic rings. The lowest BCUT2D eigenvalue weighted by atomic mass is 9.84. The molecule has 2 amide bonds. The third-order valence-electron chi connectivity index (χ3n) is 5.19. The molecule has 2 fully saturated rings. The zero-order valence-electron chi connectivity index (χ0n) is 15.0. The number of carbonyl (C=O) groups is 2. The molecule has 4 unspecified atom stereocenters. The van der Waals surface area contributed by atoms with Gasteiger partial charge in [0.2, 0.25) is 5.91 Å². The topological polar surface area (TPSA) is 84.2 Å². The number of hydrogen-bond acceptors (Lipinski definition) is 3. The average Bonchev–Trinajstić information content (AvgIpc) is 3.06. The van der Waals surface area contributed by atoms with Crippen molar-refractivity contribution in [2.24, 2.45) is 23.5 Å². The first-order chi connectivity index (χ1) is 11.2. The molecule has 4 atom stereocenters. The predicted octanol–water partition coefficient (Wildman–Crippen LogP) is 2.95. The summed E-state index contributed by atoms with van der Waals surface area (Å²) in [7, 11) is 0. The predicted molar refractivity (Wildman–Crippen MR) is 102 cm³/mol. The third-order valence-corrected chi connectivity index (χ3v) is 5.19. The molecule has 0 radical (unpaired) electrons. The van der Waals surface area contributed by atoms with Crippen LogP contribution in [0.15, 0.2) is 24.3 Å². The van der Waals surface area contributed by atoms with Crippen LogP contribution < -0.4 is 16.4 Å². The Morgan fingerprint density at radius 1 is 1.08 bits per heavy atom. The molecule has 1 aromatic rings. The summed E-state index contributed by atoms with van der Waals surface area (Å²) in [4.78, 5) is 24.7. The van der Waals surface area contributed by atoms with Crippen LogP contribution in [0.25, 0.3) is 0 Å². The van der Waals surface area contributed by atoms with Crippen molar-refractivity contribution in [2.75, 3.05) is 5.32 Å². The van der Waals surface area contributed by atoms with Crippen molar-refractivity contribution in [1.82, 2.24) is 5.32 Å². The van der Waals surface area contributed by atoms with Crippen LogP contribution in [-0.4, -0.2) is 23.4 Å². The van der Waals surface area contributed by atoms with Gasteiger partial charge in [0.15, 0.2) is 0 Å². The van der Waals surface area contributed by atoms with Gasteiger partial charge >= 0.3 is 0 Å². The van der Waals surface area contributed by atoms with Crippen LogP contribution in [0.2, 0.25) is 0 Å². The molecule has 0 spiro atoms. The zero-order chi connectivity index (χ0) is 17.5. The number of hydrogen-bond donors (Lipinski definition) is 3. The van der Waals surface area contributed by atoms with Crippen LogP contribution in [-0.2, 0) is 4.79 Å². The summed E-state index contributed by atoms with van der Waals surface area (Å²) < 4.78 is 0. The Morgan fingerprint density at radius 3 is 2.20 bits per heavy atom. The number of nitrogens with one attached hydrogen (secondary N) is 2. The fourth-order valence-corrected chi connectivity index (χ4v) is 4.07. The minimum Gasteiger partial charge on any atom is -0.347 e. The van der Waals surface area contributed by atoms with E-state index in [0.717, 1.165) is 19.3 Å². The number of anilines is 1. The Labute approximate surface area is 155 Å². The summed E-state index contributed by atoms with van der Waals surface area (Å²) in [5.41, 5.74) is 7.25. The second kappa shape index (κ2) is 7.34. The van der Waals surface area contributed by atoms with Gasteiger partial charge in [-0.25, -0.2) is 0 Å². The smallest absolute Gasteiger partial charge is 0.251 e. The van der Waals surface area contributed by atoms with Gasteiger partial charge in [-0.15, -0.1) is 12.4 Å². The second-order valence-corrected chi connectivity index (χ2v) is 8.21. The van der Waals surface area contributed by atoms with Crippen molar-refractivity contribution in [1.29, 1.82) is 0 Å². The minimum absolute atomic E-state index is 0. The van der Waals surface area contributed by atoms with E-state index in [-0.39, 0.29) is 41.7 Å². The van der Waals surface area contributed by atoms with Gasteiger partial charge in [0.1, 0.15) is 0 Å². The van der Waals surface area contributed by atoms with Crippen molar-refractivity contribution in [3.63, 3.8) is 0 Å². The van der Waals surface area contributed by atoms with E-state index in [1.807, 2.05) is 20.8 Å². The maximum absolute atomic E-state index is 12.6. The Kier molecular flexibility index (Phi) is 5.79. The van der Waals surface area contributed by atoms with Gasteiger partial charge in [0.25, 0.3) is 5.91 Å². The van der Waals surface area contributed by atoms with Gasteiger partial charge in [0, 0.05) is 22.8 Å². The van der Waals surface area contributed by atoms with E-state index in [9.17, 15) is 9.59 Å². The van der Waals surface area contributed by atoms with Crippen molar-refractivity contribution < 1.29 is 9.59 Å². The number of fused-ring (bicyclic) bond motifs is 2. The third kappa shape index (κ3) is 4.33. The fraction of sp³-hybridized carbons (Fsp3) is 0.579. The molecule has 0 heterocycles. The number of halogens is 1. The molecule has 25 heavy (non-hydrogen) atoms. The van der Waals surface area contributed by atoms with Crippen LogP contribution in [0.3, 0.4) is 0 Å². The molecule has 3 rings (SSSR count). The van der Waals surface area contributed by atoms with Crippen molar-refractivity contribution >= 4 is 29.9 Å².